The number of hydrogen-bond donors (Lipinski definition) is 0. The fourth-order valence-electron chi connectivity index (χ4n) is 2.65. The molecule has 1 amide bonds. The highest BCUT2D eigenvalue weighted by molar-refractivity contribution is 5.93. The van der Waals surface area contributed by atoms with Gasteiger partial charge in [-0.05, 0) is 25.6 Å². The summed E-state index contributed by atoms with van der Waals surface area (Å²) in [7, 11) is 2.03. The highest BCUT2D eigenvalue weighted by atomic mass is 16.3. The van der Waals surface area contributed by atoms with Gasteiger partial charge in [-0.15, -0.1) is 0 Å². The smallest absolute Gasteiger partial charge is 0.289 e. The molecule has 1 fully saturated rings. The lowest BCUT2D eigenvalue weighted by Gasteiger charge is -2.31. The Labute approximate surface area is 122 Å². The van der Waals surface area contributed by atoms with Crippen molar-refractivity contribution in [3.8, 4) is 0 Å². The van der Waals surface area contributed by atoms with E-state index in [0.717, 1.165) is 18.7 Å². The quantitative estimate of drug-likeness (QED) is 0.797. The van der Waals surface area contributed by atoms with Gasteiger partial charge in [0, 0.05) is 32.2 Å². The number of fused-ring (bicyclic) bond motifs is 1. The number of aryl methyl sites for hydroxylation is 1. The minimum Gasteiger partial charge on any atom is -0.451 e. The number of carbonyl (C=O) groups is 1. The first kappa shape index (κ1) is 13.8. The van der Waals surface area contributed by atoms with E-state index in [9.17, 15) is 9.59 Å². The Hall–Kier alpha value is -2.14. The van der Waals surface area contributed by atoms with Gasteiger partial charge >= 0.3 is 0 Å². The van der Waals surface area contributed by atoms with Crippen LogP contribution < -0.4 is 5.43 Å². The summed E-state index contributed by atoms with van der Waals surface area (Å²) in [6.45, 7) is 4.85. The third-order valence-electron chi connectivity index (χ3n) is 3.96. The van der Waals surface area contributed by atoms with Gasteiger partial charge in [0.25, 0.3) is 5.91 Å². The zero-order valence-corrected chi connectivity index (χ0v) is 12.3. The Kier molecular flexibility index (Phi) is 3.51. The molecule has 0 aliphatic carbocycles. The van der Waals surface area contributed by atoms with Crippen molar-refractivity contribution in [1.29, 1.82) is 0 Å². The summed E-state index contributed by atoms with van der Waals surface area (Å²) in [4.78, 5) is 28.6. The van der Waals surface area contributed by atoms with E-state index in [4.69, 9.17) is 4.42 Å². The van der Waals surface area contributed by atoms with Gasteiger partial charge < -0.3 is 14.2 Å². The van der Waals surface area contributed by atoms with E-state index in [-0.39, 0.29) is 17.1 Å². The molecule has 2 aromatic rings. The van der Waals surface area contributed by atoms with E-state index in [1.807, 2.05) is 26.1 Å². The van der Waals surface area contributed by atoms with Gasteiger partial charge in [0.05, 0.1) is 5.39 Å². The van der Waals surface area contributed by atoms with Crippen LogP contribution in [-0.4, -0.2) is 48.9 Å². The summed E-state index contributed by atoms with van der Waals surface area (Å²) in [5.74, 6) is -0.0775. The summed E-state index contributed by atoms with van der Waals surface area (Å²) < 4.78 is 5.66. The summed E-state index contributed by atoms with van der Waals surface area (Å²) in [5, 5.41) is 0.549. The molecule has 1 aromatic heterocycles. The Morgan fingerprint density at radius 2 is 1.90 bits per heavy atom. The second-order valence-electron chi connectivity index (χ2n) is 5.52. The van der Waals surface area contributed by atoms with Gasteiger partial charge in [-0.25, -0.2) is 0 Å². The van der Waals surface area contributed by atoms with Crippen molar-refractivity contribution < 1.29 is 9.21 Å². The standard InChI is InChI=1S/C16H18N2O3/c1-11-4-3-5-13-15(11)12(19)10-14(21-13)16(20)18-8-6-17(2)7-9-18/h3-5,10H,6-9H2,1-2H3. The monoisotopic (exact) mass is 286 g/mol. The van der Waals surface area contributed by atoms with Gasteiger partial charge in [-0.3, -0.25) is 9.59 Å². The largest absolute Gasteiger partial charge is 0.451 e. The van der Waals surface area contributed by atoms with Gasteiger partial charge in [-0.1, -0.05) is 12.1 Å². The maximum atomic E-state index is 12.5. The van der Waals surface area contributed by atoms with E-state index in [1.165, 1.54) is 6.07 Å². The molecule has 0 unspecified atom stereocenters. The number of hydrogen-bond acceptors (Lipinski definition) is 4. The van der Waals surface area contributed by atoms with Crippen LogP contribution in [0.2, 0.25) is 0 Å². The highest BCUT2D eigenvalue weighted by Gasteiger charge is 2.23. The number of amides is 1. The molecule has 21 heavy (non-hydrogen) atoms. The molecule has 0 radical (unpaired) electrons. The molecule has 0 N–H and O–H groups in total. The van der Waals surface area contributed by atoms with Gasteiger partial charge in [0.1, 0.15) is 5.58 Å². The van der Waals surface area contributed by atoms with E-state index < -0.39 is 0 Å². The van der Waals surface area contributed by atoms with Crippen molar-refractivity contribution in [3.05, 3.63) is 45.8 Å². The summed E-state index contributed by atoms with van der Waals surface area (Å²) in [6.07, 6.45) is 0. The lowest BCUT2D eigenvalue weighted by atomic mass is 10.1. The molecule has 1 saturated heterocycles. The normalized spacial score (nSPS) is 16.4. The predicted molar refractivity (Wildman–Crippen MR) is 80.6 cm³/mol. The van der Waals surface area contributed by atoms with Crippen LogP contribution in [0.15, 0.2) is 33.5 Å². The molecule has 0 atom stereocenters. The third-order valence-corrected chi connectivity index (χ3v) is 3.96. The van der Waals surface area contributed by atoms with Gasteiger partial charge in [0.2, 0.25) is 0 Å². The molecular formula is C16H18N2O3. The number of likely N-dealkylation sites (N-methyl/N-ethyl adjacent to an activating group) is 1. The van der Waals surface area contributed by atoms with E-state index in [0.29, 0.717) is 24.1 Å². The minimum atomic E-state index is -0.205. The van der Waals surface area contributed by atoms with Crippen LogP contribution in [0.3, 0.4) is 0 Å². The molecule has 5 nitrogen and oxygen atoms in total. The highest BCUT2D eigenvalue weighted by Crippen LogP contribution is 2.17. The summed E-state index contributed by atoms with van der Waals surface area (Å²) in [5.41, 5.74) is 1.17. The van der Waals surface area contributed by atoms with Crippen LogP contribution >= 0.6 is 0 Å². The zero-order valence-electron chi connectivity index (χ0n) is 12.3. The third kappa shape index (κ3) is 2.56. The van der Waals surface area contributed by atoms with Crippen molar-refractivity contribution in [2.24, 2.45) is 0 Å². The first-order valence-corrected chi connectivity index (χ1v) is 7.07. The van der Waals surface area contributed by atoms with Crippen LogP contribution in [-0.2, 0) is 0 Å². The number of piperazine rings is 1. The van der Waals surface area contributed by atoms with E-state index in [1.54, 1.807) is 11.0 Å². The number of rotatable bonds is 1. The van der Waals surface area contributed by atoms with Crippen molar-refractivity contribution in [1.82, 2.24) is 9.80 Å². The Bertz CT molecular complexity index is 743. The van der Waals surface area contributed by atoms with Crippen LogP contribution in [0.5, 0.6) is 0 Å². The average molecular weight is 286 g/mol. The van der Waals surface area contributed by atoms with Crippen molar-refractivity contribution in [2.75, 3.05) is 33.2 Å². The second kappa shape index (κ2) is 5.33. The lowest BCUT2D eigenvalue weighted by Crippen LogP contribution is -2.47. The second-order valence-corrected chi connectivity index (χ2v) is 5.52. The fraction of sp³-hybridized carbons (Fsp3) is 0.375. The van der Waals surface area contributed by atoms with Crippen LogP contribution in [0.1, 0.15) is 16.1 Å². The molecule has 1 aliphatic rings. The van der Waals surface area contributed by atoms with Gasteiger partial charge in [-0.2, -0.15) is 0 Å². The number of benzene rings is 1. The van der Waals surface area contributed by atoms with Crippen molar-refractivity contribution in [2.45, 2.75) is 6.92 Å². The van der Waals surface area contributed by atoms with E-state index >= 15 is 0 Å². The summed E-state index contributed by atoms with van der Waals surface area (Å²) in [6, 6.07) is 6.73. The van der Waals surface area contributed by atoms with Gasteiger partial charge in [0.15, 0.2) is 11.2 Å². The first-order chi connectivity index (χ1) is 10.1. The van der Waals surface area contributed by atoms with Crippen molar-refractivity contribution >= 4 is 16.9 Å². The molecular weight excluding hydrogens is 268 g/mol. The van der Waals surface area contributed by atoms with Crippen molar-refractivity contribution in [3.63, 3.8) is 0 Å². The topological polar surface area (TPSA) is 53.8 Å². The molecule has 5 heteroatoms. The molecule has 2 heterocycles. The Morgan fingerprint density at radius 3 is 2.62 bits per heavy atom. The SMILES string of the molecule is Cc1cccc2oc(C(=O)N3CCN(C)CC3)cc(=O)c12. The molecule has 0 saturated carbocycles. The lowest BCUT2D eigenvalue weighted by molar-refractivity contribution is 0.0633. The van der Waals surface area contributed by atoms with Crippen LogP contribution in [0.25, 0.3) is 11.0 Å². The maximum absolute atomic E-state index is 12.5. The molecule has 1 aliphatic heterocycles. The maximum Gasteiger partial charge on any atom is 0.289 e. The predicted octanol–water partition coefficient (Wildman–Crippen LogP) is 1.49. The Morgan fingerprint density at radius 1 is 1.19 bits per heavy atom. The molecule has 1 aromatic carbocycles. The molecule has 0 spiro atoms. The number of nitrogens with zero attached hydrogens (tertiary/aromatic N) is 2. The zero-order chi connectivity index (χ0) is 15.0. The molecule has 0 bridgehead atoms. The minimum absolute atomic E-state index is 0.127. The van der Waals surface area contributed by atoms with Crippen LogP contribution in [0, 0.1) is 6.92 Å². The fourth-order valence-corrected chi connectivity index (χ4v) is 2.65. The average Bonchev–Trinajstić information content (AvgIpc) is 2.47. The first-order valence-electron chi connectivity index (χ1n) is 7.07. The molecule has 3 rings (SSSR count). The van der Waals surface area contributed by atoms with E-state index in [2.05, 4.69) is 4.90 Å². The summed E-state index contributed by atoms with van der Waals surface area (Å²) >= 11 is 0. The Balaban J connectivity index is 1.98. The molecule has 110 valence electrons. The number of carbonyl (C=O) groups excluding carboxylic acids is 1. The van der Waals surface area contributed by atoms with Crippen LogP contribution in [0.4, 0.5) is 0 Å².